The molecule has 0 bridgehead atoms. The Morgan fingerprint density at radius 3 is 2.86 bits per heavy atom. The lowest BCUT2D eigenvalue weighted by atomic mass is 10.2. The highest BCUT2D eigenvalue weighted by Gasteiger charge is 2.08. The molecule has 0 spiro atoms. The zero-order valence-corrected chi connectivity index (χ0v) is 14.4. The molecular formula is C16H22BrN3O. The number of nitrogens with zero attached hydrogens (tertiary/aromatic N) is 2. The van der Waals surface area contributed by atoms with Gasteiger partial charge in [0.2, 0.25) is 5.95 Å². The number of imidazole rings is 1. The van der Waals surface area contributed by atoms with Gasteiger partial charge in [-0.25, -0.2) is 4.98 Å². The van der Waals surface area contributed by atoms with Gasteiger partial charge in [0.15, 0.2) is 0 Å². The predicted molar refractivity (Wildman–Crippen MR) is 90.3 cm³/mol. The van der Waals surface area contributed by atoms with Crippen LogP contribution in [0.2, 0.25) is 0 Å². The summed E-state index contributed by atoms with van der Waals surface area (Å²) in [4.78, 5) is 4.56. The van der Waals surface area contributed by atoms with Crippen LogP contribution in [0.25, 0.3) is 5.69 Å². The summed E-state index contributed by atoms with van der Waals surface area (Å²) in [6.45, 7) is 8.51. The summed E-state index contributed by atoms with van der Waals surface area (Å²) in [7, 11) is 0. The molecule has 2 aromatic rings. The third kappa shape index (κ3) is 4.32. The Balaban J connectivity index is 2.10. The highest BCUT2D eigenvalue weighted by Crippen LogP contribution is 2.22. The SMILES string of the molecule is CCOCCCNc1nc(C)cn1-c1ccc(Br)c(C)c1. The number of rotatable bonds is 7. The van der Waals surface area contributed by atoms with E-state index in [2.05, 4.69) is 55.9 Å². The van der Waals surface area contributed by atoms with Crippen LogP contribution in [0.3, 0.4) is 0 Å². The Kier molecular flexibility index (Phi) is 5.82. The predicted octanol–water partition coefficient (Wildman–Crippen LogP) is 4.09. The third-order valence-corrected chi connectivity index (χ3v) is 4.09. The molecule has 114 valence electrons. The zero-order valence-electron chi connectivity index (χ0n) is 12.8. The first kappa shape index (κ1) is 16.0. The second kappa shape index (κ2) is 7.61. The van der Waals surface area contributed by atoms with Gasteiger partial charge in [-0.05, 0) is 51.0 Å². The summed E-state index contributed by atoms with van der Waals surface area (Å²) in [6.07, 6.45) is 3.02. The topological polar surface area (TPSA) is 39.1 Å². The lowest BCUT2D eigenvalue weighted by Crippen LogP contribution is -2.10. The van der Waals surface area contributed by atoms with Gasteiger partial charge in [-0.3, -0.25) is 4.57 Å². The number of hydrogen-bond donors (Lipinski definition) is 1. The van der Waals surface area contributed by atoms with Crippen molar-refractivity contribution in [1.29, 1.82) is 0 Å². The number of aromatic nitrogens is 2. The lowest BCUT2D eigenvalue weighted by Gasteiger charge is -2.11. The van der Waals surface area contributed by atoms with Gasteiger partial charge in [-0.1, -0.05) is 15.9 Å². The first-order valence-corrected chi connectivity index (χ1v) is 8.05. The van der Waals surface area contributed by atoms with Gasteiger partial charge in [0.25, 0.3) is 0 Å². The molecular weight excluding hydrogens is 330 g/mol. The summed E-state index contributed by atoms with van der Waals surface area (Å²) >= 11 is 3.54. The van der Waals surface area contributed by atoms with E-state index in [1.165, 1.54) is 5.56 Å². The van der Waals surface area contributed by atoms with Crippen molar-refractivity contribution in [3.8, 4) is 5.69 Å². The average molecular weight is 352 g/mol. The molecule has 0 atom stereocenters. The third-order valence-electron chi connectivity index (χ3n) is 3.20. The molecule has 0 aliphatic carbocycles. The van der Waals surface area contributed by atoms with E-state index in [9.17, 15) is 0 Å². The molecule has 0 amide bonds. The molecule has 0 fully saturated rings. The van der Waals surface area contributed by atoms with Crippen LogP contribution >= 0.6 is 15.9 Å². The standard InChI is InChI=1S/C16H22BrN3O/c1-4-21-9-5-8-18-16-19-13(3)11-20(16)14-6-7-15(17)12(2)10-14/h6-7,10-11H,4-5,8-9H2,1-3H3,(H,18,19). The van der Waals surface area contributed by atoms with Crippen LogP contribution in [0, 0.1) is 13.8 Å². The van der Waals surface area contributed by atoms with Gasteiger partial charge < -0.3 is 10.1 Å². The number of anilines is 1. The largest absolute Gasteiger partial charge is 0.382 e. The maximum Gasteiger partial charge on any atom is 0.207 e. The van der Waals surface area contributed by atoms with Crippen molar-refractivity contribution >= 4 is 21.9 Å². The summed E-state index contributed by atoms with van der Waals surface area (Å²) in [5, 5.41) is 3.39. The zero-order chi connectivity index (χ0) is 15.2. The number of benzene rings is 1. The summed E-state index contributed by atoms with van der Waals surface area (Å²) in [5.74, 6) is 0.880. The molecule has 1 aromatic heterocycles. The number of hydrogen-bond acceptors (Lipinski definition) is 3. The molecule has 0 unspecified atom stereocenters. The van der Waals surface area contributed by atoms with Crippen LogP contribution in [-0.4, -0.2) is 29.3 Å². The van der Waals surface area contributed by atoms with E-state index in [1.807, 2.05) is 20.0 Å². The fraction of sp³-hybridized carbons (Fsp3) is 0.438. The van der Waals surface area contributed by atoms with Crippen molar-refractivity contribution in [3.05, 3.63) is 40.1 Å². The minimum absolute atomic E-state index is 0.770. The van der Waals surface area contributed by atoms with Crippen molar-refractivity contribution in [3.63, 3.8) is 0 Å². The van der Waals surface area contributed by atoms with Crippen molar-refractivity contribution in [2.75, 3.05) is 25.1 Å². The molecule has 0 saturated heterocycles. The summed E-state index contributed by atoms with van der Waals surface area (Å²) < 4.78 is 8.56. The normalized spacial score (nSPS) is 10.9. The smallest absolute Gasteiger partial charge is 0.207 e. The number of aryl methyl sites for hydroxylation is 2. The Hall–Kier alpha value is -1.33. The molecule has 1 N–H and O–H groups in total. The van der Waals surface area contributed by atoms with Gasteiger partial charge in [-0.2, -0.15) is 0 Å². The van der Waals surface area contributed by atoms with Crippen molar-refractivity contribution < 1.29 is 4.74 Å². The Labute approximate surface area is 134 Å². The molecule has 0 saturated carbocycles. The molecule has 2 rings (SSSR count). The maximum absolute atomic E-state index is 5.35. The highest BCUT2D eigenvalue weighted by molar-refractivity contribution is 9.10. The maximum atomic E-state index is 5.35. The number of halogens is 1. The van der Waals surface area contributed by atoms with Crippen LogP contribution in [0.4, 0.5) is 5.95 Å². The summed E-state index contributed by atoms with van der Waals surface area (Å²) in [5.41, 5.74) is 3.33. The van der Waals surface area contributed by atoms with Crippen molar-refractivity contribution in [2.24, 2.45) is 0 Å². The quantitative estimate of drug-likeness (QED) is 0.763. The van der Waals surface area contributed by atoms with Crippen LogP contribution in [0.1, 0.15) is 24.6 Å². The van der Waals surface area contributed by atoms with Crippen molar-refractivity contribution in [1.82, 2.24) is 9.55 Å². The van der Waals surface area contributed by atoms with E-state index in [4.69, 9.17) is 4.74 Å². The molecule has 0 radical (unpaired) electrons. The van der Waals surface area contributed by atoms with E-state index in [-0.39, 0.29) is 0 Å². The molecule has 1 aromatic carbocycles. The molecule has 5 heteroatoms. The first-order chi connectivity index (χ1) is 10.1. The average Bonchev–Trinajstić information content (AvgIpc) is 2.83. The van der Waals surface area contributed by atoms with Crippen LogP contribution in [-0.2, 0) is 4.74 Å². The Morgan fingerprint density at radius 2 is 2.14 bits per heavy atom. The first-order valence-electron chi connectivity index (χ1n) is 7.26. The molecule has 4 nitrogen and oxygen atoms in total. The van der Waals surface area contributed by atoms with E-state index in [1.54, 1.807) is 0 Å². The molecule has 1 heterocycles. The second-order valence-corrected chi connectivity index (χ2v) is 5.84. The van der Waals surface area contributed by atoms with E-state index in [0.29, 0.717) is 0 Å². The second-order valence-electron chi connectivity index (χ2n) is 4.99. The van der Waals surface area contributed by atoms with E-state index < -0.39 is 0 Å². The number of ether oxygens (including phenoxy) is 1. The van der Waals surface area contributed by atoms with Gasteiger partial charge in [0.05, 0.1) is 5.69 Å². The van der Waals surface area contributed by atoms with Gasteiger partial charge in [0.1, 0.15) is 0 Å². The van der Waals surface area contributed by atoms with E-state index in [0.717, 1.165) is 48.0 Å². The minimum Gasteiger partial charge on any atom is -0.382 e. The lowest BCUT2D eigenvalue weighted by molar-refractivity contribution is 0.147. The highest BCUT2D eigenvalue weighted by atomic mass is 79.9. The van der Waals surface area contributed by atoms with Gasteiger partial charge in [-0.15, -0.1) is 0 Å². The van der Waals surface area contributed by atoms with E-state index >= 15 is 0 Å². The summed E-state index contributed by atoms with van der Waals surface area (Å²) in [6, 6.07) is 6.30. The van der Waals surface area contributed by atoms with Crippen molar-refractivity contribution in [2.45, 2.75) is 27.2 Å². The fourth-order valence-electron chi connectivity index (χ4n) is 2.12. The minimum atomic E-state index is 0.770. The molecule has 21 heavy (non-hydrogen) atoms. The molecule has 0 aliphatic rings. The Bertz CT molecular complexity index is 595. The van der Waals surface area contributed by atoms with Crippen LogP contribution in [0.15, 0.2) is 28.9 Å². The monoisotopic (exact) mass is 351 g/mol. The van der Waals surface area contributed by atoms with Gasteiger partial charge >= 0.3 is 0 Å². The van der Waals surface area contributed by atoms with Crippen LogP contribution in [0.5, 0.6) is 0 Å². The Morgan fingerprint density at radius 1 is 1.33 bits per heavy atom. The fourth-order valence-corrected chi connectivity index (χ4v) is 2.36. The molecule has 0 aliphatic heterocycles. The van der Waals surface area contributed by atoms with Gasteiger partial charge in [0, 0.05) is 36.1 Å². The van der Waals surface area contributed by atoms with Crippen LogP contribution < -0.4 is 5.32 Å². The number of nitrogens with one attached hydrogen (secondary N) is 1.